The van der Waals surface area contributed by atoms with Gasteiger partial charge < -0.3 is 4.74 Å². The summed E-state index contributed by atoms with van der Waals surface area (Å²) in [6, 6.07) is 7.64. The Hall–Kier alpha value is -1.75. The van der Waals surface area contributed by atoms with Crippen LogP contribution in [0, 0.1) is 18.3 Å². The van der Waals surface area contributed by atoms with Crippen molar-refractivity contribution in [2.75, 3.05) is 7.11 Å². The van der Waals surface area contributed by atoms with Gasteiger partial charge in [0.15, 0.2) is 0 Å². The SMILES string of the molecule is C#CC(=O)C(C)Cc1ccc(OC)cc1. The van der Waals surface area contributed by atoms with Gasteiger partial charge in [0.1, 0.15) is 5.75 Å². The van der Waals surface area contributed by atoms with E-state index in [1.807, 2.05) is 31.2 Å². The van der Waals surface area contributed by atoms with Crippen LogP contribution in [0.2, 0.25) is 0 Å². The lowest BCUT2D eigenvalue weighted by Crippen LogP contribution is -2.11. The third-order valence-corrected chi connectivity index (χ3v) is 2.29. The van der Waals surface area contributed by atoms with Crippen molar-refractivity contribution in [3.63, 3.8) is 0 Å². The Morgan fingerprint density at radius 2 is 2.07 bits per heavy atom. The molecule has 0 aliphatic rings. The topological polar surface area (TPSA) is 26.3 Å². The van der Waals surface area contributed by atoms with Crippen LogP contribution >= 0.6 is 0 Å². The highest BCUT2D eigenvalue weighted by Gasteiger charge is 2.10. The molecule has 0 amide bonds. The van der Waals surface area contributed by atoms with Crippen LogP contribution in [-0.4, -0.2) is 12.9 Å². The van der Waals surface area contributed by atoms with Crippen molar-refractivity contribution in [1.82, 2.24) is 0 Å². The molecular formula is C13H14O2. The van der Waals surface area contributed by atoms with Crippen molar-refractivity contribution in [2.24, 2.45) is 5.92 Å². The van der Waals surface area contributed by atoms with E-state index in [0.717, 1.165) is 11.3 Å². The van der Waals surface area contributed by atoms with Crippen LogP contribution in [0.25, 0.3) is 0 Å². The lowest BCUT2D eigenvalue weighted by molar-refractivity contribution is -0.116. The second-order valence-corrected chi connectivity index (χ2v) is 3.46. The maximum atomic E-state index is 11.2. The molecule has 0 saturated carbocycles. The average molecular weight is 202 g/mol. The minimum atomic E-state index is -0.147. The number of ketones is 1. The summed E-state index contributed by atoms with van der Waals surface area (Å²) in [4.78, 5) is 11.2. The zero-order chi connectivity index (χ0) is 11.3. The average Bonchev–Trinajstić information content (AvgIpc) is 2.29. The monoisotopic (exact) mass is 202 g/mol. The molecule has 0 N–H and O–H groups in total. The summed E-state index contributed by atoms with van der Waals surface area (Å²) in [5.74, 6) is 2.69. The molecule has 0 radical (unpaired) electrons. The molecule has 1 aromatic carbocycles. The highest BCUT2D eigenvalue weighted by atomic mass is 16.5. The molecule has 1 rings (SSSR count). The summed E-state index contributed by atoms with van der Waals surface area (Å²) >= 11 is 0. The summed E-state index contributed by atoms with van der Waals surface area (Å²) in [5, 5.41) is 0. The molecule has 1 atom stereocenters. The first-order chi connectivity index (χ1) is 7.17. The molecule has 0 bridgehead atoms. The molecule has 15 heavy (non-hydrogen) atoms. The van der Waals surface area contributed by atoms with Gasteiger partial charge in [-0.15, -0.1) is 6.42 Å². The minimum absolute atomic E-state index is 0.122. The van der Waals surface area contributed by atoms with Crippen LogP contribution in [0.5, 0.6) is 5.75 Å². The van der Waals surface area contributed by atoms with Gasteiger partial charge in [0, 0.05) is 5.92 Å². The Morgan fingerprint density at radius 1 is 1.47 bits per heavy atom. The fraction of sp³-hybridized carbons (Fsp3) is 0.308. The van der Waals surface area contributed by atoms with E-state index in [0.29, 0.717) is 6.42 Å². The van der Waals surface area contributed by atoms with E-state index in [2.05, 4.69) is 5.92 Å². The molecule has 0 aliphatic carbocycles. The highest BCUT2D eigenvalue weighted by molar-refractivity contribution is 5.96. The van der Waals surface area contributed by atoms with E-state index in [1.165, 1.54) is 0 Å². The number of terminal acetylenes is 1. The molecule has 1 unspecified atom stereocenters. The first-order valence-electron chi connectivity index (χ1n) is 4.80. The van der Waals surface area contributed by atoms with Crippen LogP contribution in [0.3, 0.4) is 0 Å². The number of hydrogen-bond acceptors (Lipinski definition) is 2. The second-order valence-electron chi connectivity index (χ2n) is 3.46. The van der Waals surface area contributed by atoms with E-state index >= 15 is 0 Å². The molecule has 0 aliphatic heterocycles. The first-order valence-corrected chi connectivity index (χ1v) is 4.80. The van der Waals surface area contributed by atoms with Crippen molar-refractivity contribution < 1.29 is 9.53 Å². The molecule has 2 nitrogen and oxygen atoms in total. The molecule has 78 valence electrons. The zero-order valence-electron chi connectivity index (χ0n) is 8.99. The molecule has 0 aromatic heterocycles. The molecule has 0 saturated heterocycles. The molecule has 0 fully saturated rings. The molecule has 1 aromatic rings. The van der Waals surface area contributed by atoms with Crippen molar-refractivity contribution in [3.8, 4) is 18.1 Å². The summed E-state index contributed by atoms with van der Waals surface area (Å²) in [6.45, 7) is 1.84. The maximum absolute atomic E-state index is 11.2. The maximum Gasteiger partial charge on any atom is 0.208 e. The molecule has 0 heterocycles. The van der Waals surface area contributed by atoms with Gasteiger partial charge in [-0.2, -0.15) is 0 Å². The van der Waals surface area contributed by atoms with Gasteiger partial charge >= 0.3 is 0 Å². The van der Waals surface area contributed by atoms with Crippen LogP contribution in [0.4, 0.5) is 0 Å². The molecular weight excluding hydrogens is 188 g/mol. The zero-order valence-corrected chi connectivity index (χ0v) is 8.99. The van der Waals surface area contributed by atoms with E-state index in [4.69, 9.17) is 11.2 Å². The number of rotatable bonds is 4. The van der Waals surface area contributed by atoms with Crippen molar-refractivity contribution in [3.05, 3.63) is 29.8 Å². The summed E-state index contributed by atoms with van der Waals surface area (Å²) in [5.41, 5.74) is 1.09. The third-order valence-electron chi connectivity index (χ3n) is 2.29. The number of hydrogen-bond donors (Lipinski definition) is 0. The second kappa shape index (κ2) is 5.21. The number of ether oxygens (including phenoxy) is 1. The lowest BCUT2D eigenvalue weighted by atomic mass is 9.97. The number of carbonyl (C=O) groups is 1. The van der Waals surface area contributed by atoms with Crippen LogP contribution in [-0.2, 0) is 11.2 Å². The number of methoxy groups -OCH3 is 1. The van der Waals surface area contributed by atoms with Gasteiger partial charge in [0.25, 0.3) is 0 Å². The van der Waals surface area contributed by atoms with Crippen LogP contribution < -0.4 is 4.74 Å². The lowest BCUT2D eigenvalue weighted by Gasteiger charge is -2.07. The summed E-state index contributed by atoms with van der Waals surface area (Å²) in [7, 11) is 1.62. The summed E-state index contributed by atoms with van der Waals surface area (Å²) in [6.07, 6.45) is 5.73. The standard InChI is InChI=1S/C13H14O2/c1-4-13(14)10(2)9-11-5-7-12(15-3)8-6-11/h1,5-8,10H,9H2,2-3H3. The van der Waals surface area contributed by atoms with Crippen molar-refractivity contribution >= 4 is 5.78 Å². The Morgan fingerprint density at radius 3 is 2.53 bits per heavy atom. The minimum Gasteiger partial charge on any atom is -0.497 e. The predicted molar refractivity (Wildman–Crippen MR) is 59.7 cm³/mol. The fourth-order valence-corrected chi connectivity index (χ4v) is 1.35. The number of carbonyl (C=O) groups excluding carboxylic acids is 1. The predicted octanol–water partition coefficient (Wildman–Crippen LogP) is 2.08. The van der Waals surface area contributed by atoms with Gasteiger partial charge in [0.2, 0.25) is 5.78 Å². The Kier molecular flexibility index (Phi) is 3.93. The van der Waals surface area contributed by atoms with Gasteiger partial charge in [-0.3, -0.25) is 4.79 Å². The van der Waals surface area contributed by atoms with E-state index in [-0.39, 0.29) is 11.7 Å². The fourth-order valence-electron chi connectivity index (χ4n) is 1.35. The van der Waals surface area contributed by atoms with Crippen molar-refractivity contribution in [1.29, 1.82) is 0 Å². The Balaban J connectivity index is 2.66. The normalized spacial score (nSPS) is 11.5. The van der Waals surface area contributed by atoms with Gasteiger partial charge in [-0.1, -0.05) is 19.1 Å². The summed E-state index contributed by atoms with van der Waals surface area (Å²) < 4.78 is 5.04. The quantitative estimate of drug-likeness (QED) is 0.552. The molecule has 0 spiro atoms. The third kappa shape index (κ3) is 3.14. The largest absolute Gasteiger partial charge is 0.497 e. The van der Waals surface area contributed by atoms with E-state index in [1.54, 1.807) is 7.11 Å². The van der Waals surface area contributed by atoms with Gasteiger partial charge in [0.05, 0.1) is 7.11 Å². The Labute approximate surface area is 90.3 Å². The van der Waals surface area contributed by atoms with E-state index < -0.39 is 0 Å². The number of benzene rings is 1. The Bertz CT molecular complexity index is 371. The highest BCUT2D eigenvalue weighted by Crippen LogP contribution is 2.14. The first kappa shape index (κ1) is 11.3. The number of Topliss-reactive ketones (excluding diaryl/α,β-unsaturated/α-hetero) is 1. The van der Waals surface area contributed by atoms with Gasteiger partial charge in [-0.25, -0.2) is 0 Å². The smallest absolute Gasteiger partial charge is 0.208 e. The molecule has 2 heteroatoms. The van der Waals surface area contributed by atoms with Crippen LogP contribution in [0.1, 0.15) is 12.5 Å². The van der Waals surface area contributed by atoms with E-state index in [9.17, 15) is 4.79 Å². The van der Waals surface area contributed by atoms with Crippen molar-refractivity contribution in [2.45, 2.75) is 13.3 Å². The van der Waals surface area contributed by atoms with Crippen LogP contribution in [0.15, 0.2) is 24.3 Å². The van der Waals surface area contributed by atoms with Gasteiger partial charge in [-0.05, 0) is 30.0 Å².